The topological polar surface area (TPSA) is 96.9 Å². The first-order valence-corrected chi connectivity index (χ1v) is 11.1. The summed E-state index contributed by atoms with van der Waals surface area (Å²) >= 11 is 23.6. The number of esters is 1. The predicted molar refractivity (Wildman–Crippen MR) is 132 cm³/mol. The average Bonchev–Trinajstić information content (AvgIpc) is 2.79. The Morgan fingerprint density at radius 3 is 2.41 bits per heavy atom. The van der Waals surface area contributed by atoms with Crippen LogP contribution in [0.3, 0.4) is 0 Å². The third-order valence-electron chi connectivity index (χ3n) is 4.21. The van der Waals surface area contributed by atoms with Crippen LogP contribution in [0.5, 0.6) is 5.75 Å². The monoisotopic (exact) mass is 537 g/mol. The summed E-state index contributed by atoms with van der Waals surface area (Å²) in [6.07, 6.45) is 1.35. The van der Waals surface area contributed by atoms with Gasteiger partial charge in [0.1, 0.15) is 5.75 Å². The van der Waals surface area contributed by atoms with Crippen LogP contribution in [-0.2, 0) is 4.79 Å². The second-order valence-electron chi connectivity index (χ2n) is 6.69. The van der Waals surface area contributed by atoms with Crippen molar-refractivity contribution in [2.45, 2.75) is 0 Å². The van der Waals surface area contributed by atoms with Crippen molar-refractivity contribution in [1.82, 2.24) is 10.7 Å². The molecule has 2 N–H and O–H groups in total. The van der Waals surface area contributed by atoms with E-state index >= 15 is 0 Å². The van der Waals surface area contributed by atoms with Crippen LogP contribution in [0.4, 0.5) is 0 Å². The van der Waals surface area contributed by atoms with Crippen molar-refractivity contribution < 1.29 is 19.1 Å². The molecule has 0 saturated heterocycles. The highest BCUT2D eigenvalue weighted by Gasteiger charge is 2.13. The van der Waals surface area contributed by atoms with Crippen molar-refractivity contribution in [3.05, 3.63) is 97.4 Å². The van der Waals surface area contributed by atoms with Gasteiger partial charge in [0.15, 0.2) is 0 Å². The van der Waals surface area contributed by atoms with Crippen molar-refractivity contribution in [3.8, 4) is 5.75 Å². The van der Waals surface area contributed by atoms with Crippen molar-refractivity contribution in [2.24, 2.45) is 5.10 Å². The van der Waals surface area contributed by atoms with Crippen LogP contribution >= 0.6 is 46.4 Å². The summed E-state index contributed by atoms with van der Waals surface area (Å²) in [6, 6.07) is 15.3. The van der Waals surface area contributed by atoms with Gasteiger partial charge in [0, 0.05) is 10.6 Å². The molecule has 0 spiro atoms. The summed E-state index contributed by atoms with van der Waals surface area (Å²) in [4.78, 5) is 36.4. The molecule has 0 aliphatic rings. The maximum Gasteiger partial charge on any atom is 0.345 e. The standard InChI is InChI=1S/C23H15Cl4N3O4/c24-15-5-6-17(19(26)10-15)23(33)34-16-3-1-2-13(8-16)11-29-30-21(31)12-28-22(32)14-4-7-18(25)20(27)9-14/h1-11H,12H2,(H,28,32)(H,30,31)/b29-11+. The molecule has 0 aliphatic carbocycles. The second kappa shape index (κ2) is 11.9. The molecular weight excluding hydrogens is 524 g/mol. The zero-order valence-corrected chi connectivity index (χ0v) is 20.2. The average molecular weight is 539 g/mol. The minimum absolute atomic E-state index is 0.167. The molecule has 0 bridgehead atoms. The highest BCUT2D eigenvalue weighted by molar-refractivity contribution is 6.42. The van der Waals surface area contributed by atoms with Gasteiger partial charge in [0.25, 0.3) is 11.8 Å². The number of hydrazone groups is 1. The first kappa shape index (κ1) is 25.5. The molecule has 3 aromatic carbocycles. The lowest BCUT2D eigenvalue weighted by molar-refractivity contribution is -0.120. The van der Waals surface area contributed by atoms with Gasteiger partial charge in [0.05, 0.1) is 33.4 Å². The minimum Gasteiger partial charge on any atom is -0.423 e. The number of carbonyl (C=O) groups is 3. The zero-order valence-electron chi connectivity index (χ0n) is 17.2. The van der Waals surface area contributed by atoms with Crippen molar-refractivity contribution in [2.75, 3.05) is 6.54 Å². The van der Waals surface area contributed by atoms with Crippen LogP contribution in [0, 0.1) is 0 Å². The number of benzene rings is 3. The Bertz CT molecular complexity index is 1280. The molecule has 2 amide bonds. The van der Waals surface area contributed by atoms with Gasteiger partial charge in [-0.2, -0.15) is 5.10 Å². The third-order valence-corrected chi connectivity index (χ3v) is 5.50. The molecule has 3 rings (SSSR count). The Hall–Kier alpha value is -3.10. The van der Waals surface area contributed by atoms with E-state index in [-0.39, 0.29) is 33.5 Å². The number of halogens is 4. The number of rotatable bonds is 7. The van der Waals surface area contributed by atoms with Crippen molar-refractivity contribution in [1.29, 1.82) is 0 Å². The fraction of sp³-hybridized carbons (Fsp3) is 0.0435. The fourth-order valence-electron chi connectivity index (χ4n) is 2.59. The lowest BCUT2D eigenvalue weighted by atomic mass is 10.2. The van der Waals surface area contributed by atoms with E-state index in [9.17, 15) is 14.4 Å². The molecule has 0 fully saturated rings. The Labute approximate surface area is 214 Å². The van der Waals surface area contributed by atoms with Crippen molar-refractivity contribution >= 4 is 70.4 Å². The lowest BCUT2D eigenvalue weighted by Gasteiger charge is -2.07. The molecule has 11 heteroatoms. The lowest BCUT2D eigenvalue weighted by Crippen LogP contribution is -2.34. The first-order chi connectivity index (χ1) is 16.2. The van der Waals surface area contributed by atoms with Crippen LogP contribution in [-0.4, -0.2) is 30.5 Å². The van der Waals surface area contributed by atoms with Gasteiger partial charge in [-0.25, -0.2) is 10.2 Å². The van der Waals surface area contributed by atoms with E-state index < -0.39 is 17.8 Å². The first-order valence-electron chi connectivity index (χ1n) is 9.55. The Balaban J connectivity index is 1.52. The van der Waals surface area contributed by atoms with E-state index in [0.717, 1.165) is 0 Å². The number of nitrogens with one attached hydrogen (secondary N) is 2. The highest BCUT2D eigenvalue weighted by Crippen LogP contribution is 2.23. The molecule has 0 aliphatic heterocycles. The van der Waals surface area contributed by atoms with Crippen LogP contribution < -0.4 is 15.5 Å². The maximum atomic E-state index is 12.3. The summed E-state index contributed by atoms with van der Waals surface area (Å²) in [5, 5.41) is 7.39. The summed E-state index contributed by atoms with van der Waals surface area (Å²) < 4.78 is 5.33. The summed E-state index contributed by atoms with van der Waals surface area (Å²) in [7, 11) is 0. The maximum absolute atomic E-state index is 12.3. The van der Waals surface area contributed by atoms with Gasteiger partial charge in [-0.3, -0.25) is 9.59 Å². The van der Waals surface area contributed by atoms with E-state index in [2.05, 4.69) is 15.8 Å². The number of nitrogens with zero attached hydrogens (tertiary/aromatic N) is 1. The van der Waals surface area contributed by atoms with Crippen LogP contribution in [0.2, 0.25) is 20.1 Å². The Kier molecular flexibility index (Phi) is 8.90. The van der Waals surface area contributed by atoms with Gasteiger partial charge in [-0.05, 0) is 54.1 Å². The van der Waals surface area contributed by atoms with E-state index in [1.165, 1.54) is 42.6 Å². The second-order valence-corrected chi connectivity index (χ2v) is 8.35. The predicted octanol–water partition coefficient (Wildman–Crippen LogP) is 5.40. The number of ether oxygens (including phenoxy) is 1. The third kappa shape index (κ3) is 7.20. The largest absolute Gasteiger partial charge is 0.423 e. The molecule has 7 nitrogen and oxygen atoms in total. The summed E-state index contributed by atoms with van der Waals surface area (Å²) in [6.45, 7) is -0.310. The highest BCUT2D eigenvalue weighted by atomic mass is 35.5. The molecule has 174 valence electrons. The number of carbonyl (C=O) groups excluding carboxylic acids is 3. The van der Waals surface area contributed by atoms with E-state index in [0.29, 0.717) is 15.6 Å². The van der Waals surface area contributed by atoms with Crippen LogP contribution in [0.15, 0.2) is 65.8 Å². The molecule has 3 aromatic rings. The number of amides is 2. The molecular formula is C23H15Cl4N3O4. The van der Waals surface area contributed by atoms with Gasteiger partial charge >= 0.3 is 5.97 Å². The van der Waals surface area contributed by atoms with E-state index in [1.807, 2.05) is 0 Å². The van der Waals surface area contributed by atoms with Gasteiger partial charge in [-0.15, -0.1) is 0 Å². The zero-order chi connectivity index (χ0) is 24.7. The molecule has 0 atom stereocenters. The normalized spacial score (nSPS) is 10.7. The van der Waals surface area contributed by atoms with Crippen LogP contribution in [0.1, 0.15) is 26.3 Å². The smallest absolute Gasteiger partial charge is 0.345 e. The molecule has 0 radical (unpaired) electrons. The van der Waals surface area contributed by atoms with E-state index in [1.54, 1.807) is 24.3 Å². The molecule has 0 unspecified atom stereocenters. The van der Waals surface area contributed by atoms with Crippen LogP contribution in [0.25, 0.3) is 0 Å². The number of hydrogen-bond donors (Lipinski definition) is 2. The molecule has 0 saturated carbocycles. The minimum atomic E-state index is -0.651. The molecule has 34 heavy (non-hydrogen) atoms. The summed E-state index contributed by atoms with van der Waals surface area (Å²) in [5.41, 5.74) is 3.26. The summed E-state index contributed by atoms with van der Waals surface area (Å²) in [5.74, 6) is -1.44. The molecule has 0 heterocycles. The number of hydrogen-bond acceptors (Lipinski definition) is 5. The van der Waals surface area contributed by atoms with Gasteiger partial charge in [0.2, 0.25) is 0 Å². The van der Waals surface area contributed by atoms with Crippen molar-refractivity contribution in [3.63, 3.8) is 0 Å². The van der Waals surface area contributed by atoms with Gasteiger partial charge < -0.3 is 10.1 Å². The van der Waals surface area contributed by atoms with Gasteiger partial charge in [-0.1, -0.05) is 58.5 Å². The van der Waals surface area contributed by atoms with E-state index in [4.69, 9.17) is 51.1 Å². The Morgan fingerprint density at radius 2 is 1.68 bits per heavy atom. The fourth-order valence-corrected chi connectivity index (χ4v) is 3.38. The quantitative estimate of drug-likeness (QED) is 0.182. The SMILES string of the molecule is O=C(CNC(=O)c1ccc(Cl)c(Cl)c1)N/N=C/c1cccc(OC(=O)c2ccc(Cl)cc2Cl)c1. The Morgan fingerprint density at radius 1 is 0.882 bits per heavy atom. The molecule has 0 aromatic heterocycles.